The van der Waals surface area contributed by atoms with E-state index in [9.17, 15) is 9.00 Å². The van der Waals surface area contributed by atoms with Crippen molar-refractivity contribution in [2.75, 3.05) is 33.1 Å². The van der Waals surface area contributed by atoms with Crippen molar-refractivity contribution in [1.82, 2.24) is 4.31 Å². The molecule has 2 atom stereocenters. The fourth-order valence-corrected chi connectivity index (χ4v) is 3.82. The highest BCUT2D eigenvalue weighted by Gasteiger charge is 2.22. The number of benzene rings is 1. The Balaban J connectivity index is 2.09. The van der Waals surface area contributed by atoms with E-state index in [0.29, 0.717) is 17.2 Å². The number of hydrogen-bond donors (Lipinski definition) is 1. The standard InChI is InChI=1S/C15H23N3O3S/c1-16-22(20,18(2)3)13-9-7-12(8-10-13)17-15(19)14-6-4-5-11-21-14/h7-10,14H,4-6,11H2,1-3H3,(H,17,19). The van der Waals surface area contributed by atoms with Crippen LogP contribution in [0.5, 0.6) is 0 Å². The summed E-state index contributed by atoms with van der Waals surface area (Å²) < 4.78 is 23.7. The van der Waals surface area contributed by atoms with Gasteiger partial charge in [0.1, 0.15) is 16.0 Å². The summed E-state index contributed by atoms with van der Waals surface area (Å²) in [4.78, 5) is 12.7. The van der Waals surface area contributed by atoms with Crippen molar-refractivity contribution in [3.05, 3.63) is 24.3 Å². The van der Waals surface area contributed by atoms with E-state index in [1.165, 1.54) is 0 Å². The highest BCUT2D eigenvalue weighted by Crippen LogP contribution is 2.20. The molecule has 0 saturated carbocycles. The van der Waals surface area contributed by atoms with Crippen LogP contribution in [0.25, 0.3) is 0 Å². The van der Waals surface area contributed by atoms with Crippen LogP contribution in [0.2, 0.25) is 0 Å². The molecule has 1 amide bonds. The molecule has 0 aromatic heterocycles. The molecular weight excluding hydrogens is 302 g/mol. The minimum Gasteiger partial charge on any atom is -0.368 e. The second kappa shape index (κ2) is 7.21. The molecule has 2 unspecified atom stereocenters. The molecule has 1 aliphatic rings. The summed E-state index contributed by atoms with van der Waals surface area (Å²) in [6, 6.07) is 6.94. The number of nitrogens with one attached hydrogen (secondary N) is 1. The van der Waals surface area contributed by atoms with Crippen LogP contribution in [-0.2, 0) is 19.4 Å². The lowest BCUT2D eigenvalue weighted by Crippen LogP contribution is -2.33. The van der Waals surface area contributed by atoms with Crippen molar-refractivity contribution in [3.63, 3.8) is 0 Å². The molecule has 1 fully saturated rings. The minimum atomic E-state index is -2.57. The lowest BCUT2D eigenvalue weighted by molar-refractivity contribution is -0.129. The number of hydrogen-bond acceptors (Lipinski definition) is 4. The number of rotatable bonds is 4. The van der Waals surface area contributed by atoms with Gasteiger partial charge in [0.2, 0.25) is 0 Å². The van der Waals surface area contributed by atoms with Crippen LogP contribution in [-0.4, -0.2) is 48.3 Å². The predicted molar refractivity (Wildman–Crippen MR) is 87.1 cm³/mol. The molecule has 7 heteroatoms. The fraction of sp³-hybridized carbons (Fsp3) is 0.533. The van der Waals surface area contributed by atoms with E-state index < -0.39 is 9.92 Å². The third-order valence-corrected chi connectivity index (χ3v) is 6.01. The number of ether oxygens (including phenoxy) is 1. The van der Waals surface area contributed by atoms with Crippen molar-refractivity contribution < 1.29 is 13.7 Å². The summed E-state index contributed by atoms with van der Waals surface area (Å²) in [5, 5.41) is 2.84. The zero-order valence-electron chi connectivity index (χ0n) is 13.2. The van der Waals surface area contributed by atoms with E-state index >= 15 is 0 Å². The van der Waals surface area contributed by atoms with Crippen molar-refractivity contribution in [1.29, 1.82) is 0 Å². The molecule has 1 saturated heterocycles. The number of carbonyl (C=O) groups excluding carboxylic acids is 1. The summed E-state index contributed by atoms with van der Waals surface area (Å²) in [5.41, 5.74) is 0.666. The second-order valence-electron chi connectivity index (χ2n) is 5.36. The van der Waals surface area contributed by atoms with Gasteiger partial charge in [-0.25, -0.2) is 12.9 Å². The van der Waals surface area contributed by atoms with Crippen LogP contribution >= 0.6 is 0 Å². The van der Waals surface area contributed by atoms with Crippen LogP contribution in [0.4, 0.5) is 5.69 Å². The maximum atomic E-state index is 12.7. The Hall–Kier alpha value is -1.44. The average molecular weight is 325 g/mol. The zero-order valence-corrected chi connectivity index (χ0v) is 14.1. The van der Waals surface area contributed by atoms with Gasteiger partial charge >= 0.3 is 0 Å². The van der Waals surface area contributed by atoms with Gasteiger partial charge in [0.05, 0.1) is 4.90 Å². The lowest BCUT2D eigenvalue weighted by Gasteiger charge is -2.22. The monoisotopic (exact) mass is 325 g/mol. The van der Waals surface area contributed by atoms with Gasteiger partial charge in [-0.15, -0.1) is 0 Å². The van der Waals surface area contributed by atoms with Crippen LogP contribution in [0.1, 0.15) is 19.3 Å². The quantitative estimate of drug-likeness (QED) is 0.922. The Morgan fingerprint density at radius 2 is 2.00 bits per heavy atom. The molecule has 0 radical (unpaired) electrons. The van der Waals surface area contributed by atoms with Crippen LogP contribution < -0.4 is 5.32 Å². The Bertz CT molecular complexity index is 628. The summed E-state index contributed by atoms with van der Waals surface area (Å²) in [5.74, 6) is -0.124. The van der Waals surface area contributed by atoms with E-state index in [4.69, 9.17) is 4.74 Å². The van der Waals surface area contributed by atoms with Gasteiger partial charge in [-0.1, -0.05) is 0 Å². The van der Waals surface area contributed by atoms with Gasteiger partial charge < -0.3 is 10.1 Å². The van der Waals surface area contributed by atoms with Gasteiger partial charge in [-0.05, 0) is 43.5 Å². The van der Waals surface area contributed by atoms with Gasteiger partial charge in [-0.3, -0.25) is 4.79 Å². The highest BCUT2D eigenvalue weighted by atomic mass is 32.2. The average Bonchev–Trinajstić information content (AvgIpc) is 2.55. The number of nitrogens with zero attached hydrogens (tertiary/aromatic N) is 2. The van der Waals surface area contributed by atoms with Crippen LogP contribution in [0.15, 0.2) is 33.5 Å². The molecule has 1 aromatic rings. The van der Waals surface area contributed by atoms with E-state index in [1.54, 1.807) is 49.7 Å². The molecule has 0 spiro atoms. The zero-order chi connectivity index (χ0) is 16.2. The molecule has 1 heterocycles. The van der Waals surface area contributed by atoms with Crippen molar-refractivity contribution in [2.45, 2.75) is 30.3 Å². The molecule has 1 aliphatic heterocycles. The van der Waals surface area contributed by atoms with Gasteiger partial charge in [0, 0.05) is 33.4 Å². The van der Waals surface area contributed by atoms with Crippen molar-refractivity contribution in [2.24, 2.45) is 4.36 Å². The smallest absolute Gasteiger partial charge is 0.253 e. The Morgan fingerprint density at radius 1 is 1.32 bits per heavy atom. The Kier molecular flexibility index (Phi) is 5.55. The highest BCUT2D eigenvalue weighted by molar-refractivity contribution is 7.91. The van der Waals surface area contributed by atoms with Crippen molar-refractivity contribution >= 4 is 21.5 Å². The topological polar surface area (TPSA) is 71.0 Å². The molecule has 1 N–H and O–H groups in total. The van der Waals surface area contributed by atoms with Crippen LogP contribution in [0.3, 0.4) is 0 Å². The van der Waals surface area contributed by atoms with Gasteiger partial charge in [0.15, 0.2) is 0 Å². The molecule has 1 aromatic carbocycles. The molecule has 122 valence electrons. The molecule has 22 heavy (non-hydrogen) atoms. The first-order chi connectivity index (χ1) is 10.5. The molecule has 0 bridgehead atoms. The first-order valence-electron chi connectivity index (χ1n) is 7.32. The Morgan fingerprint density at radius 3 is 2.50 bits per heavy atom. The first kappa shape index (κ1) is 16.9. The van der Waals surface area contributed by atoms with Gasteiger partial charge in [0.25, 0.3) is 5.91 Å². The normalized spacial score (nSPS) is 21.2. The van der Waals surface area contributed by atoms with E-state index in [2.05, 4.69) is 9.68 Å². The van der Waals surface area contributed by atoms with Gasteiger partial charge in [-0.2, -0.15) is 0 Å². The first-order valence-corrected chi connectivity index (χ1v) is 8.80. The second-order valence-corrected chi connectivity index (χ2v) is 7.92. The third-order valence-electron chi connectivity index (χ3n) is 3.64. The number of amides is 1. The maximum absolute atomic E-state index is 12.7. The molecule has 0 aliphatic carbocycles. The summed E-state index contributed by atoms with van der Waals surface area (Å²) in [6.45, 7) is 0.639. The summed E-state index contributed by atoms with van der Waals surface area (Å²) in [7, 11) is 2.43. The predicted octanol–water partition coefficient (Wildman–Crippen LogP) is 2.13. The van der Waals surface area contributed by atoms with E-state index in [-0.39, 0.29) is 12.0 Å². The van der Waals surface area contributed by atoms with E-state index in [1.807, 2.05) is 0 Å². The molecular formula is C15H23N3O3S. The minimum absolute atomic E-state index is 0.124. The molecule has 2 rings (SSSR count). The molecule has 6 nitrogen and oxygen atoms in total. The number of anilines is 1. The van der Waals surface area contributed by atoms with Crippen molar-refractivity contribution in [3.8, 4) is 0 Å². The lowest BCUT2D eigenvalue weighted by atomic mass is 10.1. The SMILES string of the molecule is CN=S(=O)(c1ccc(NC(=O)C2CCCCO2)cc1)N(C)C. The number of carbonyl (C=O) groups is 1. The summed E-state index contributed by atoms with van der Waals surface area (Å²) in [6.07, 6.45) is 2.41. The fourth-order valence-electron chi connectivity index (χ4n) is 2.37. The largest absolute Gasteiger partial charge is 0.368 e. The Labute approximate surface area is 132 Å². The van der Waals surface area contributed by atoms with Crippen LogP contribution in [0, 0.1) is 0 Å². The summed E-state index contributed by atoms with van der Waals surface area (Å²) >= 11 is 0. The third kappa shape index (κ3) is 3.66. The maximum Gasteiger partial charge on any atom is 0.253 e. The van der Waals surface area contributed by atoms with E-state index in [0.717, 1.165) is 19.3 Å².